The van der Waals surface area contributed by atoms with Gasteiger partial charge < -0.3 is 9.84 Å². The summed E-state index contributed by atoms with van der Waals surface area (Å²) in [6.45, 7) is 2.27. The molecule has 2 rings (SSSR count). The molecule has 7 heteroatoms. The number of hydrogen-bond donors (Lipinski definition) is 2. The summed E-state index contributed by atoms with van der Waals surface area (Å²) in [4.78, 5) is 23.3. The number of carbonyl (C=O) groups excluding carboxylic acids is 1. The zero-order valence-electron chi connectivity index (χ0n) is 14.4. The molecule has 0 atom stereocenters. The largest absolute Gasteiger partial charge is 0.481 e. The lowest BCUT2D eigenvalue weighted by atomic mass is 10.1. The van der Waals surface area contributed by atoms with Gasteiger partial charge in [0.25, 0.3) is 0 Å². The molecule has 0 heterocycles. The Balaban J connectivity index is 1.72. The first-order valence-corrected chi connectivity index (χ1v) is 10.5. The molecule has 0 aromatic heterocycles. The van der Waals surface area contributed by atoms with Crippen LogP contribution in [0.5, 0.6) is 0 Å². The highest BCUT2D eigenvalue weighted by Gasteiger charge is 2.05. The summed E-state index contributed by atoms with van der Waals surface area (Å²) in [5.74, 6) is -0.227. The molecule has 26 heavy (non-hydrogen) atoms. The van der Waals surface area contributed by atoms with Crippen LogP contribution in [0.3, 0.4) is 0 Å². The van der Waals surface area contributed by atoms with Crippen molar-refractivity contribution in [3.63, 3.8) is 0 Å². The van der Waals surface area contributed by atoms with E-state index in [1.165, 1.54) is 27.2 Å². The van der Waals surface area contributed by atoms with E-state index in [9.17, 15) is 9.59 Å². The molecule has 1 amide bonds. The lowest BCUT2D eigenvalue weighted by molar-refractivity contribution is -0.136. The third kappa shape index (κ3) is 7.41. The van der Waals surface area contributed by atoms with Crippen molar-refractivity contribution in [3.05, 3.63) is 59.7 Å². The van der Waals surface area contributed by atoms with Crippen molar-refractivity contribution in [2.75, 3.05) is 11.1 Å². The molecule has 0 aliphatic heterocycles. The molecule has 0 fully saturated rings. The topological polar surface area (TPSA) is 75.6 Å². The summed E-state index contributed by atoms with van der Waals surface area (Å²) in [5, 5.41) is 11.3. The standard InChI is InChI=1S/C19H21NO4S2/c1-2-14-3-7-16(8-4-14)20-19(23)24-13-15-5-9-17(10-6-15)26-25-12-11-18(21)22/h3-10H,2,11-13H2,1H3,(H,20,23)(H,21,22). The van der Waals surface area contributed by atoms with Crippen LogP contribution in [0.4, 0.5) is 10.5 Å². The molecule has 0 unspecified atom stereocenters. The van der Waals surface area contributed by atoms with Crippen molar-refractivity contribution in [1.29, 1.82) is 0 Å². The van der Waals surface area contributed by atoms with E-state index >= 15 is 0 Å². The number of benzene rings is 2. The van der Waals surface area contributed by atoms with Gasteiger partial charge in [-0.2, -0.15) is 0 Å². The van der Waals surface area contributed by atoms with Gasteiger partial charge in [0, 0.05) is 16.3 Å². The number of rotatable bonds is 9. The summed E-state index contributed by atoms with van der Waals surface area (Å²) < 4.78 is 5.23. The zero-order valence-corrected chi connectivity index (χ0v) is 16.1. The smallest absolute Gasteiger partial charge is 0.411 e. The molecule has 0 aliphatic carbocycles. The van der Waals surface area contributed by atoms with Crippen molar-refractivity contribution in [3.8, 4) is 0 Å². The van der Waals surface area contributed by atoms with Crippen LogP contribution in [0.25, 0.3) is 0 Å². The van der Waals surface area contributed by atoms with E-state index in [2.05, 4.69) is 12.2 Å². The van der Waals surface area contributed by atoms with Crippen molar-refractivity contribution >= 4 is 39.3 Å². The molecule has 0 saturated carbocycles. The first-order chi connectivity index (χ1) is 12.6. The van der Waals surface area contributed by atoms with Gasteiger partial charge in [0.15, 0.2) is 0 Å². The molecule has 138 valence electrons. The number of carboxylic acids is 1. The fraction of sp³-hybridized carbons (Fsp3) is 0.263. The second-order valence-corrected chi connectivity index (χ2v) is 7.93. The van der Waals surface area contributed by atoms with Crippen LogP contribution in [-0.2, 0) is 22.6 Å². The van der Waals surface area contributed by atoms with Crippen LogP contribution in [-0.4, -0.2) is 22.9 Å². The van der Waals surface area contributed by atoms with Crippen molar-refractivity contribution in [2.24, 2.45) is 0 Å². The summed E-state index contributed by atoms with van der Waals surface area (Å²) in [6, 6.07) is 15.3. The number of ether oxygens (including phenoxy) is 1. The number of hydrogen-bond acceptors (Lipinski definition) is 5. The van der Waals surface area contributed by atoms with E-state index in [0.717, 1.165) is 16.9 Å². The first-order valence-electron chi connectivity index (χ1n) is 8.19. The lowest BCUT2D eigenvalue weighted by Gasteiger charge is -2.08. The van der Waals surface area contributed by atoms with E-state index in [-0.39, 0.29) is 13.0 Å². The number of anilines is 1. The van der Waals surface area contributed by atoms with Crippen LogP contribution in [0, 0.1) is 0 Å². The second-order valence-electron chi connectivity index (χ2n) is 5.44. The van der Waals surface area contributed by atoms with Gasteiger partial charge >= 0.3 is 12.1 Å². The highest BCUT2D eigenvalue weighted by atomic mass is 33.1. The maximum atomic E-state index is 11.8. The predicted octanol–water partition coefficient (Wildman–Crippen LogP) is 5.21. The number of carbonyl (C=O) groups is 2. The Bertz CT molecular complexity index is 717. The normalized spacial score (nSPS) is 10.3. The minimum Gasteiger partial charge on any atom is -0.481 e. The fourth-order valence-corrected chi connectivity index (χ4v) is 3.97. The molecule has 2 aromatic rings. The maximum absolute atomic E-state index is 11.8. The molecular formula is C19H21NO4S2. The average molecular weight is 392 g/mol. The van der Waals surface area contributed by atoms with Gasteiger partial charge in [-0.05, 0) is 41.8 Å². The fourth-order valence-electron chi connectivity index (χ4n) is 2.01. The van der Waals surface area contributed by atoms with E-state index < -0.39 is 12.1 Å². The Morgan fingerprint density at radius 3 is 2.31 bits per heavy atom. The number of carboxylic acid groups (broad SMARTS) is 1. The SMILES string of the molecule is CCc1ccc(NC(=O)OCc2ccc(SSCCC(=O)O)cc2)cc1. The Morgan fingerprint density at radius 2 is 1.69 bits per heavy atom. The van der Waals surface area contributed by atoms with Crippen molar-refractivity contribution < 1.29 is 19.4 Å². The maximum Gasteiger partial charge on any atom is 0.411 e. The second kappa shape index (κ2) is 10.8. The molecule has 0 spiro atoms. The number of aryl methyl sites for hydroxylation is 1. The summed E-state index contributed by atoms with van der Waals surface area (Å²) >= 11 is 0. The highest BCUT2D eigenvalue weighted by molar-refractivity contribution is 8.76. The van der Waals surface area contributed by atoms with Gasteiger partial charge in [-0.3, -0.25) is 10.1 Å². The van der Waals surface area contributed by atoms with Gasteiger partial charge in [-0.25, -0.2) is 4.79 Å². The lowest BCUT2D eigenvalue weighted by Crippen LogP contribution is -2.13. The Labute approximate surface area is 160 Å². The van der Waals surface area contributed by atoms with E-state index in [4.69, 9.17) is 9.84 Å². The third-order valence-electron chi connectivity index (χ3n) is 3.46. The van der Waals surface area contributed by atoms with E-state index in [1.807, 2.05) is 48.5 Å². The average Bonchev–Trinajstić information content (AvgIpc) is 2.65. The number of amides is 1. The van der Waals surface area contributed by atoms with Crippen molar-refractivity contribution in [1.82, 2.24) is 0 Å². The van der Waals surface area contributed by atoms with E-state index in [1.54, 1.807) is 0 Å². The minimum atomic E-state index is -0.787. The molecule has 2 aromatic carbocycles. The molecule has 0 aliphatic rings. The quantitative estimate of drug-likeness (QED) is 0.451. The summed E-state index contributed by atoms with van der Waals surface area (Å²) in [7, 11) is 3.04. The van der Waals surface area contributed by atoms with Crippen LogP contribution in [0.2, 0.25) is 0 Å². The number of aliphatic carboxylic acids is 1. The molecular weight excluding hydrogens is 370 g/mol. The number of nitrogens with one attached hydrogen (secondary N) is 1. The Hall–Kier alpha value is -2.12. The highest BCUT2D eigenvalue weighted by Crippen LogP contribution is 2.31. The zero-order chi connectivity index (χ0) is 18.8. The Morgan fingerprint density at radius 1 is 1.04 bits per heavy atom. The van der Waals surface area contributed by atoms with Gasteiger partial charge in [0.05, 0.1) is 6.42 Å². The van der Waals surface area contributed by atoms with Gasteiger partial charge in [0.1, 0.15) is 6.61 Å². The van der Waals surface area contributed by atoms with Gasteiger partial charge in [-0.1, -0.05) is 52.8 Å². The predicted molar refractivity (Wildman–Crippen MR) is 107 cm³/mol. The van der Waals surface area contributed by atoms with Gasteiger partial charge in [-0.15, -0.1) is 0 Å². The third-order valence-corrected chi connectivity index (χ3v) is 5.84. The van der Waals surface area contributed by atoms with Crippen molar-refractivity contribution in [2.45, 2.75) is 31.3 Å². The van der Waals surface area contributed by atoms with Crippen LogP contribution in [0.15, 0.2) is 53.4 Å². The van der Waals surface area contributed by atoms with Crippen LogP contribution in [0.1, 0.15) is 24.5 Å². The Kier molecular flexibility index (Phi) is 8.37. The van der Waals surface area contributed by atoms with Crippen LogP contribution < -0.4 is 5.32 Å². The van der Waals surface area contributed by atoms with Crippen LogP contribution >= 0.6 is 21.6 Å². The molecule has 2 N–H and O–H groups in total. The minimum absolute atomic E-state index is 0.153. The van der Waals surface area contributed by atoms with E-state index in [0.29, 0.717) is 11.4 Å². The molecule has 5 nitrogen and oxygen atoms in total. The summed E-state index contributed by atoms with van der Waals surface area (Å²) in [5.41, 5.74) is 2.81. The van der Waals surface area contributed by atoms with Gasteiger partial charge in [0.2, 0.25) is 0 Å². The first kappa shape index (κ1) is 20.2. The monoisotopic (exact) mass is 391 g/mol. The molecule has 0 saturated heterocycles. The summed E-state index contributed by atoms with van der Waals surface area (Å²) in [6.07, 6.45) is 0.619. The molecule has 0 bridgehead atoms. The molecule has 0 radical (unpaired) electrons.